The Morgan fingerprint density at radius 3 is 2.58 bits per heavy atom. The molecule has 1 aromatic rings. The van der Waals surface area contributed by atoms with E-state index in [1.165, 1.54) is 6.33 Å². The molecule has 0 fully saturated rings. The van der Waals surface area contributed by atoms with Gasteiger partial charge < -0.3 is 5.11 Å². The fourth-order valence-electron chi connectivity index (χ4n) is 1.06. The quantitative estimate of drug-likeness (QED) is 0.733. The number of aliphatic hydroxyl groups is 1. The van der Waals surface area contributed by atoms with E-state index in [2.05, 4.69) is 23.8 Å². The van der Waals surface area contributed by atoms with E-state index in [4.69, 9.17) is 5.11 Å². The zero-order valence-electron chi connectivity index (χ0n) is 7.49. The zero-order valence-corrected chi connectivity index (χ0v) is 7.49. The Labute approximate surface area is 72.5 Å². The van der Waals surface area contributed by atoms with Crippen LogP contribution in [0.15, 0.2) is 12.4 Å². The van der Waals surface area contributed by atoms with Gasteiger partial charge in [0.05, 0.1) is 12.3 Å². The third-order valence-corrected chi connectivity index (χ3v) is 1.56. The molecule has 12 heavy (non-hydrogen) atoms. The lowest BCUT2D eigenvalue weighted by atomic mass is 10.1. The summed E-state index contributed by atoms with van der Waals surface area (Å²) >= 11 is 0. The summed E-state index contributed by atoms with van der Waals surface area (Å²) < 4.78 is 0. The first-order valence-electron chi connectivity index (χ1n) is 4.13. The number of hydrogen-bond donors (Lipinski definition) is 1. The molecule has 0 spiro atoms. The molecule has 3 nitrogen and oxygen atoms in total. The third kappa shape index (κ3) is 2.58. The fraction of sp³-hybridized carbons (Fsp3) is 0.556. The average molecular weight is 166 g/mol. The number of hydrogen-bond acceptors (Lipinski definition) is 3. The maximum atomic E-state index is 8.81. The van der Waals surface area contributed by atoms with E-state index in [-0.39, 0.29) is 6.61 Å². The molecule has 0 bridgehead atoms. The highest BCUT2D eigenvalue weighted by Gasteiger charge is 2.00. The van der Waals surface area contributed by atoms with Crippen LogP contribution in [0.5, 0.6) is 0 Å². The highest BCUT2D eigenvalue weighted by Crippen LogP contribution is 2.05. The Hall–Kier alpha value is -0.960. The highest BCUT2D eigenvalue weighted by molar-refractivity contribution is 5.07. The van der Waals surface area contributed by atoms with Crippen molar-refractivity contribution in [2.24, 2.45) is 5.92 Å². The monoisotopic (exact) mass is 166 g/mol. The number of aliphatic hydroxyl groups excluding tert-OH is 1. The Bertz CT molecular complexity index is 248. The summed E-state index contributed by atoms with van der Waals surface area (Å²) in [5.74, 6) is 0.589. The Morgan fingerprint density at radius 1 is 1.33 bits per heavy atom. The van der Waals surface area contributed by atoms with E-state index >= 15 is 0 Å². The van der Waals surface area contributed by atoms with Crippen LogP contribution in [0, 0.1) is 5.92 Å². The van der Waals surface area contributed by atoms with Crippen molar-refractivity contribution in [3.63, 3.8) is 0 Å². The molecule has 1 aromatic heterocycles. The second-order valence-electron chi connectivity index (χ2n) is 3.26. The van der Waals surface area contributed by atoms with Gasteiger partial charge in [-0.1, -0.05) is 13.8 Å². The summed E-state index contributed by atoms with van der Waals surface area (Å²) in [7, 11) is 0. The molecule has 1 rings (SSSR count). The Balaban J connectivity index is 2.72. The second-order valence-corrected chi connectivity index (χ2v) is 3.26. The van der Waals surface area contributed by atoms with Crippen molar-refractivity contribution in [2.75, 3.05) is 0 Å². The Morgan fingerprint density at radius 2 is 2.00 bits per heavy atom. The molecular weight excluding hydrogens is 152 g/mol. The molecule has 0 saturated heterocycles. The van der Waals surface area contributed by atoms with Crippen molar-refractivity contribution in [2.45, 2.75) is 26.9 Å². The van der Waals surface area contributed by atoms with Crippen molar-refractivity contribution in [3.8, 4) is 0 Å². The molecule has 0 amide bonds. The molecule has 0 aromatic carbocycles. The predicted octanol–water partition coefficient (Wildman–Crippen LogP) is 1.17. The first-order valence-corrected chi connectivity index (χ1v) is 4.13. The van der Waals surface area contributed by atoms with Gasteiger partial charge in [-0.15, -0.1) is 0 Å². The molecule has 0 aliphatic rings. The maximum absolute atomic E-state index is 8.81. The molecular formula is C9H14N2O. The first kappa shape index (κ1) is 9.13. The topological polar surface area (TPSA) is 46.0 Å². The van der Waals surface area contributed by atoms with E-state index in [9.17, 15) is 0 Å². The van der Waals surface area contributed by atoms with Crippen LogP contribution in [0.4, 0.5) is 0 Å². The van der Waals surface area contributed by atoms with Gasteiger partial charge in [-0.05, 0) is 18.4 Å². The predicted molar refractivity (Wildman–Crippen MR) is 46.5 cm³/mol. The SMILES string of the molecule is CC(C)Cc1cc(CO)ncn1. The minimum Gasteiger partial charge on any atom is -0.390 e. The van der Waals surface area contributed by atoms with Gasteiger partial charge in [0.1, 0.15) is 6.33 Å². The summed E-state index contributed by atoms with van der Waals surface area (Å²) in [6.45, 7) is 4.27. The minimum atomic E-state index is -0.00633. The van der Waals surface area contributed by atoms with Gasteiger partial charge in [-0.25, -0.2) is 9.97 Å². The molecule has 0 atom stereocenters. The van der Waals surface area contributed by atoms with Gasteiger partial charge in [-0.3, -0.25) is 0 Å². The van der Waals surface area contributed by atoms with Crippen molar-refractivity contribution in [1.82, 2.24) is 9.97 Å². The summed E-state index contributed by atoms with van der Waals surface area (Å²) in [6, 6.07) is 1.85. The minimum absolute atomic E-state index is 0.00633. The number of aromatic nitrogens is 2. The first-order chi connectivity index (χ1) is 5.72. The van der Waals surface area contributed by atoms with Gasteiger partial charge in [0.2, 0.25) is 0 Å². The molecule has 1 heterocycles. The van der Waals surface area contributed by atoms with Gasteiger partial charge in [0.15, 0.2) is 0 Å². The molecule has 3 heteroatoms. The van der Waals surface area contributed by atoms with Gasteiger partial charge >= 0.3 is 0 Å². The van der Waals surface area contributed by atoms with E-state index < -0.39 is 0 Å². The normalized spacial score (nSPS) is 10.7. The van der Waals surface area contributed by atoms with Crippen LogP contribution in [-0.4, -0.2) is 15.1 Å². The summed E-state index contributed by atoms with van der Waals surface area (Å²) in [5.41, 5.74) is 1.70. The van der Waals surface area contributed by atoms with Crippen LogP contribution in [0.3, 0.4) is 0 Å². The average Bonchev–Trinajstić information content (AvgIpc) is 2.03. The van der Waals surface area contributed by atoms with Crippen molar-refractivity contribution in [3.05, 3.63) is 23.8 Å². The lowest BCUT2D eigenvalue weighted by molar-refractivity contribution is 0.276. The van der Waals surface area contributed by atoms with Crippen molar-refractivity contribution < 1.29 is 5.11 Å². The maximum Gasteiger partial charge on any atom is 0.116 e. The van der Waals surface area contributed by atoms with E-state index in [1.807, 2.05) is 6.07 Å². The Kier molecular flexibility index (Phi) is 3.17. The number of rotatable bonds is 3. The standard InChI is InChI=1S/C9H14N2O/c1-7(2)3-8-4-9(5-12)11-6-10-8/h4,6-7,12H,3,5H2,1-2H3. The lowest BCUT2D eigenvalue weighted by Gasteiger charge is -2.03. The summed E-state index contributed by atoms with van der Waals surface area (Å²) in [6.07, 6.45) is 2.44. The van der Waals surface area contributed by atoms with E-state index in [1.54, 1.807) is 0 Å². The van der Waals surface area contributed by atoms with Crippen LogP contribution < -0.4 is 0 Å². The molecule has 1 N–H and O–H groups in total. The van der Waals surface area contributed by atoms with Crippen LogP contribution in [0.1, 0.15) is 25.2 Å². The molecule has 66 valence electrons. The zero-order chi connectivity index (χ0) is 8.97. The van der Waals surface area contributed by atoms with Gasteiger partial charge in [0.25, 0.3) is 0 Å². The van der Waals surface area contributed by atoms with Crippen molar-refractivity contribution in [1.29, 1.82) is 0 Å². The highest BCUT2D eigenvalue weighted by atomic mass is 16.3. The third-order valence-electron chi connectivity index (χ3n) is 1.56. The van der Waals surface area contributed by atoms with E-state index in [0.717, 1.165) is 12.1 Å². The number of nitrogens with zero attached hydrogens (tertiary/aromatic N) is 2. The molecule has 0 aliphatic heterocycles. The molecule has 0 saturated carbocycles. The second kappa shape index (κ2) is 4.16. The fourth-order valence-corrected chi connectivity index (χ4v) is 1.06. The van der Waals surface area contributed by atoms with Gasteiger partial charge in [0, 0.05) is 5.69 Å². The van der Waals surface area contributed by atoms with Crippen molar-refractivity contribution >= 4 is 0 Å². The lowest BCUT2D eigenvalue weighted by Crippen LogP contribution is -2.00. The summed E-state index contributed by atoms with van der Waals surface area (Å²) in [5, 5.41) is 8.81. The van der Waals surface area contributed by atoms with E-state index in [0.29, 0.717) is 11.6 Å². The molecule has 0 radical (unpaired) electrons. The van der Waals surface area contributed by atoms with Crippen LogP contribution in [0.2, 0.25) is 0 Å². The van der Waals surface area contributed by atoms with Crippen LogP contribution in [-0.2, 0) is 13.0 Å². The van der Waals surface area contributed by atoms with Gasteiger partial charge in [-0.2, -0.15) is 0 Å². The molecule has 0 aliphatic carbocycles. The smallest absolute Gasteiger partial charge is 0.116 e. The van der Waals surface area contributed by atoms with Crippen LogP contribution >= 0.6 is 0 Å². The molecule has 0 unspecified atom stereocenters. The van der Waals surface area contributed by atoms with Crippen LogP contribution in [0.25, 0.3) is 0 Å². The summed E-state index contributed by atoms with van der Waals surface area (Å²) in [4.78, 5) is 8.01. The largest absolute Gasteiger partial charge is 0.390 e.